The fourth-order valence-electron chi connectivity index (χ4n) is 2.51. The van der Waals surface area contributed by atoms with Gasteiger partial charge in [-0.2, -0.15) is 4.99 Å². The van der Waals surface area contributed by atoms with Gasteiger partial charge in [-0.3, -0.25) is 9.59 Å². The molecule has 0 aliphatic carbocycles. The summed E-state index contributed by atoms with van der Waals surface area (Å²) in [4.78, 5) is 28.7. The monoisotopic (exact) mass is 388 g/mol. The van der Waals surface area contributed by atoms with Gasteiger partial charge in [0.2, 0.25) is 0 Å². The van der Waals surface area contributed by atoms with Gasteiger partial charge in [0, 0.05) is 5.56 Å². The first-order valence-electron chi connectivity index (χ1n) is 8.19. The Labute approximate surface area is 158 Å². The number of hydrogen-bond donors (Lipinski definition) is 0. The first-order valence-corrected chi connectivity index (χ1v) is 9.01. The molecule has 1 amide bonds. The molecule has 3 rings (SSSR count). The van der Waals surface area contributed by atoms with Crippen molar-refractivity contribution in [3.05, 3.63) is 58.6 Å². The Bertz CT molecular complexity index is 1070. The van der Waals surface area contributed by atoms with Gasteiger partial charge in [0.1, 0.15) is 18.1 Å². The number of esters is 1. The molecule has 0 fully saturated rings. The second kappa shape index (κ2) is 8.13. The van der Waals surface area contributed by atoms with E-state index in [0.717, 1.165) is 16.3 Å². The Morgan fingerprint density at radius 2 is 2.04 bits per heavy atom. The standard InChI is InChI=1S/C19H17FN2O4S/c1-3-26-14-7-8-15-16(10-14)27-19(22(15)11-17(23)25-2)21-18(24)12-5-4-6-13(20)9-12/h4-10H,3,11H2,1-2H3. The highest BCUT2D eigenvalue weighted by atomic mass is 32.1. The van der Waals surface area contributed by atoms with E-state index in [2.05, 4.69) is 4.99 Å². The summed E-state index contributed by atoms with van der Waals surface area (Å²) in [6, 6.07) is 10.7. The van der Waals surface area contributed by atoms with E-state index in [-0.39, 0.29) is 12.1 Å². The first kappa shape index (κ1) is 18.8. The van der Waals surface area contributed by atoms with Gasteiger partial charge in [0.15, 0.2) is 4.80 Å². The van der Waals surface area contributed by atoms with Crippen molar-refractivity contribution in [1.82, 2.24) is 4.57 Å². The quantitative estimate of drug-likeness (QED) is 0.630. The van der Waals surface area contributed by atoms with Crippen LogP contribution in [0.5, 0.6) is 5.75 Å². The average Bonchev–Trinajstić information content (AvgIpc) is 2.98. The molecule has 1 aromatic heterocycles. The van der Waals surface area contributed by atoms with Crippen LogP contribution >= 0.6 is 11.3 Å². The number of rotatable bonds is 5. The number of aromatic nitrogens is 1. The lowest BCUT2D eigenvalue weighted by molar-refractivity contribution is -0.141. The molecule has 1 heterocycles. The second-order valence-corrected chi connectivity index (χ2v) is 6.55. The predicted octanol–water partition coefficient (Wildman–Crippen LogP) is 3.15. The van der Waals surface area contributed by atoms with Gasteiger partial charge in [0.25, 0.3) is 5.91 Å². The number of carbonyl (C=O) groups is 2. The van der Waals surface area contributed by atoms with Gasteiger partial charge in [-0.15, -0.1) is 0 Å². The average molecular weight is 388 g/mol. The molecule has 0 aliphatic heterocycles. The maximum Gasteiger partial charge on any atom is 0.325 e. The van der Waals surface area contributed by atoms with Gasteiger partial charge in [0.05, 0.1) is 23.9 Å². The SMILES string of the molecule is CCOc1ccc2c(c1)sc(=NC(=O)c1cccc(F)c1)n2CC(=O)OC. The maximum absolute atomic E-state index is 13.4. The highest BCUT2D eigenvalue weighted by Crippen LogP contribution is 2.23. The van der Waals surface area contributed by atoms with Gasteiger partial charge in [-0.1, -0.05) is 17.4 Å². The highest BCUT2D eigenvalue weighted by Gasteiger charge is 2.13. The van der Waals surface area contributed by atoms with E-state index in [9.17, 15) is 14.0 Å². The van der Waals surface area contributed by atoms with E-state index in [1.54, 1.807) is 16.7 Å². The first-order chi connectivity index (χ1) is 13.0. The van der Waals surface area contributed by atoms with E-state index < -0.39 is 17.7 Å². The Hall–Kier alpha value is -3.00. The van der Waals surface area contributed by atoms with Crippen LogP contribution in [0.1, 0.15) is 17.3 Å². The molecule has 0 saturated carbocycles. The molecule has 0 radical (unpaired) electrons. The summed E-state index contributed by atoms with van der Waals surface area (Å²) >= 11 is 1.24. The zero-order valence-corrected chi connectivity index (χ0v) is 15.6. The maximum atomic E-state index is 13.4. The molecule has 0 saturated heterocycles. The van der Waals surface area contributed by atoms with Gasteiger partial charge in [-0.05, 0) is 43.3 Å². The van der Waals surface area contributed by atoms with Crippen molar-refractivity contribution < 1.29 is 23.5 Å². The van der Waals surface area contributed by atoms with E-state index in [1.807, 2.05) is 13.0 Å². The molecule has 6 nitrogen and oxygen atoms in total. The summed E-state index contributed by atoms with van der Waals surface area (Å²) in [5, 5.41) is 0. The number of thiazole rings is 1. The Morgan fingerprint density at radius 3 is 2.74 bits per heavy atom. The highest BCUT2D eigenvalue weighted by molar-refractivity contribution is 7.16. The number of halogens is 1. The van der Waals surface area contributed by atoms with Gasteiger partial charge >= 0.3 is 5.97 Å². The minimum absolute atomic E-state index is 0.0975. The molecular weight excluding hydrogens is 371 g/mol. The van der Waals surface area contributed by atoms with Crippen molar-refractivity contribution >= 4 is 33.4 Å². The molecular formula is C19H17FN2O4S. The van der Waals surface area contributed by atoms with Crippen LogP contribution in [-0.4, -0.2) is 30.2 Å². The molecule has 8 heteroatoms. The van der Waals surface area contributed by atoms with E-state index in [1.165, 1.54) is 36.6 Å². The van der Waals surface area contributed by atoms with Crippen LogP contribution in [0.4, 0.5) is 4.39 Å². The minimum Gasteiger partial charge on any atom is -0.494 e. The molecule has 0 aliphatic rings. The third kappa shape index (κ3) is 4.22. The van der Waals surface area contributed by atoms with Crippen LogP contribution in [0.25, 0.3) is 10.2 Å². The lowest BCUT2D eigenvalue weighted by Gasteiger charge is -2.05. The summed E-state index contributed by atoms with van der Waals surface area (Å²) in [6.07, 6.45) is 0. The lowest BCUT2D eigenvalue weighted by Crippen LogP contribution is -2.22. The fourth-order valence-corrected chi connectivity index (χ4v) is 3.57. The molecule has 0 bridgehead atoms. The molecule has 3 aromatic rings. The van der Waals surface area contributed by atoms with Crippen molar-refractivity contribution in [3.8, 4) is 5.75 Å². The summed E-state index contributed by atoms with van der Waals surface area (Å²) in [5.41, 5.74) is 0.853. The topological polar surface area (TPSA) is 69.9 Å². The number of carbonyl (C=O) groups excluding carboxylic acids is 2. The number of fused-ring (bicyclic) bond motifs is 1. The van der Waals surface area contributed by atoms with Crippen molar-refractivity contribution in [3.63, 3.8) is 0 Å². The Balaban J connectivity index is 2.12. The van der Waals surface area contributed by atoms with Gasteiger partial charge in [-0.25, -0.2) is 4.39 Å². The second-order valence-electron chi connectivity index (χ2n) is 5.54. The number of nitrogens with zero attached hydrogens (tertiary/aromatic N) is 2. The van der Waals surface area contributed by atoms with Crippen LogP contribution in [0, 0.1) is 5.82 Å². The molecule has 27 heavy (non-hydrogen) atoms. The zero-order valence-electron chi connectivity index (χ0n) is 14.8. The molecule has 140 valence electrons. The summed E-state index contributed by atoms with van der Waals surface area (Å²) in [5.74, 6) is -0.899. The van der Waals surface area contributed by atoms with Crippen molar-refractivity contribution in [2.45, 2.75) is 13.5 Å². The fraction of sp³-hybridized carbons (Fsp3) is 0.211. The van der Waals surface area contributed by atoms with Crippen molar-refractivity contribution in [2.75, 3.05) is 13.7 Å². The summed E-state index contributed by atoms with van der Waals surface area (Å²) in [6.45, 7) is 2.31. The lowest BCUT2D eigenvalue weighted by atomic mass is 10.2. The van der Waals surface area contributed by atoms with E-state index in [4.69, 9.17) is 9.47 Å². The summed E-state index contributed by atoms with van der Waals surface area (Å²) < 4.78 is 26.0. The van der Waals surface area contributed by atoms with Gasteiger partial charge < -0.3 is 14.0 Å². The molecule has 0 spiro atoms. The normalized spacial score (nSPS) is 11.6. The van der Waals surface area contributed by atoms with Crippen molar-refractivity contribution in [2.24, 2.45) is 4.99 Å². The third-order valence-electron chi connectivity index (χ3n) is 3.75. The van der Waals surface area contributed by atoms with E-state index in [0.29, 0.717) is 17.2 Å². The van der Waals surface area contributed by atoms with Crippen LogP contribution in [0.15, 0.2) is 47.5 Å². The molecule has 0 unspecified atom stereocenters. The zero-order chi connectivity index (χ0) is 19.4. The Kier molecular flexibility index (Phi) is 5.66. The third-order valence-corrected chi connectivity index (χ3v) is 4.79. The van der Waals surface area contributed by atoms with Crippen LogP contribution < -0.4 is 9.54 Å². The molecule has 0 atom stereocenters. The number of hydrogen-bond acceptors (Lipinski definition) is 5. The smallest absolute Gasteiger partial charge is 0.325 e. The molecule has 2 aromatic carbocycles. The molecule has 0 N–H and O–H groups in total. The van der Waals surface area contributed by atoms with E-state index >= 15 is 0 Å². The summed E-state index contributed by atoms with van der Waals surface area (Å²) in [7, 11) is 1.29. The van der Waals surface area contributed by atoms with Crippen LogP contribution in [0.3, 0.4) is 0 Å². The number of benzene rings is 2. The number of ether oxygens (including phenoxy) is 2. The van der Waals surface area contributed by atoms with Crippen LogP contribution in [0.2, 0.25) is 0 Å². The number of methoxy groups -OCH3 is 1. The number of amides is 1. The van der Waals surface area contributed by atoms with Crippen LogP contribution in [-0.2, 0) is 16.1 Å². The predicted molar refractivity (Wildman–Crippen MR) is 99.3 cm³/mol. The largest absolute Gasteiger partial charge is 0.494 e. The van der Waals surface area contributed by atoms with Crippen molar-refractivity contribution in [1.29, 1.82) is 0 Å². The Morgan fingerprint density at radius 1 is 1.22 bits per heavy atom. The minimum atomic E-state index is -0.593.